The van der Waals surface area contributed by atoms with Gasteiger partial charge in [-0.3, -0.25) is 4.79 Å². The minimum atomic E-state index is 0.141. The minimum absolute atomic E-state index is 0.141. The molecular weight excluding hydrogens is 230 g/mol. The topological polar surface area (TPSA) is 38.8 Å². The first-order valence-electron chi connectivity index (χ1n) is 6.33. The van der Waals surface area contributed by atoms with Crippen molar-refractivity contribution in [2.45, 2.75) is 26.2 Å². The third-order valence-electron chi connectivity index (χ3n) is 3.07. The van der Waals surface area contributed by atoms with Gasteiger partial charge in [0, 0.05) is 13.6 Å². The minimum Gasteiger partial charge on any atom is -0.454 e. The lowest BCUT2D eigenvalue weighted by Gasteiger charge is -2.16. The Balaban J connectivity index is 1.94. The standard InChI is InChI=1S/C14H19NO3/c1-3-4-7-15(2)14(16)9-11-5-6-12-13(8-11)18-10-17-12/h5-6,8H,3-4,7,9-10H2,1-2H3. The summed E-state index contributed by atoms with van der Waals surface area (Å²) in [6, 6.07) is 5.66. The van der Waals surface area contributed by atoms with Gasteiger partial charge in [-0.05, 0) is 24.1 Å². The molecule has 0 saturated carbocycles. The van der Waals surface area contributed by atoms with Crippen LogP contribution in [0.15, 0.2) is 18.2 Å². The van der Waals surface area contributed by atoms with Gasteiger partial charge in [0.1, 0.15) is 0 Å². The second-order valence-electron chi connectivity index (χ2n) is 4.53. The number of hydrogen-bond donors (Lipinski definition) is 0. The molecule has 0 unspecified atom stereocenters. The number of fused-ring (bicyclic) bond motifs is 1. The van der Waals surface area contributed by atoms with Crippen LogP contribution in [0.25, 0.3) is 0 Å². The molecule has 0 fully saturated rings. The van der Waals surface area contributed by atoms with E-state index in [0.717, 1.165) is 36.4 Å². The predicted octanol–water partition coefficient (Wildman–Crippen LogP) is 2.22. The van der Waals surface area contributed by atoms with Gasteiger partial charge < -0.3 is 14.4 Å². The summed E-state index contributed by atoms with van der Waals surface area (Å²) >= 11 is 0. The molecule has 0 aliphatic carbocycles. The average molecular weight is 249 g/mol. The highest BCUT2D eigenvalue weighted by atomic mass is 16.7. The first-order valence-corrected chi connectivity index (χ1v) is 6.33. The number of unbranched alkanes of at least 4 members (excludes halogenated alkanes) is 1. The Morgan fingerprint density at radius 1 is 1.33 bits per heavy atom. The second-order valence-corrected chi connectivity index (χ2v) is 4.53. The summed E-state index contributed by atoms with van der Waals surface area (Å²) in [7, 11) is 1.85. The van der Waals surface area contributed by atoms with Gasteiger partial charge in [0.25, 0.3) is 0 Å². The SMILES string of the molecule is CCCCN(C)C(=O)Cc1ccc2c(c1)OCO2. The van der Waals surface area contributed by atoms with E-state index in [1.165, 1.54) is 0 Å². The van der Waals surface area contributed by atoms with E-state index in [-0.39, 0.29) is 12.7 Å². The number of likely N-dealkylation sites (N-methyl/N-ethyl adjacent to an activating group) is 1. The first-order chi connectivity index (χ1) is 8.70. The van der Waals surface area contributed by atoms with Crippen molar-refractivity contribution in [1.82, 2.24) is 4.90 Å². The molecule has 0 N–H and O–H groups in total. The van der Waals surface area contributed by atoms with E-state index in [4.69, 9.17) is 9.47 Å². The monoisotopic (exact) mass is 249 g/mol. The summed E-state index contributed by atoms with van der Waals surface area (Å²) in [5.41, 5.74) is 0.965. The van der Waals surface area contributed by atoms with E-state index < -0.39 is 0 Å². The molecule has 0 atom stereocenters. The van der Waals surface area contributed by atoms with Crippen molar-refractivity contribution in [2.75, 3.05) is 20.4 Å². The number of amides is 1. The normalized spacial score (nSPS) is 12.6. The summed E-state index contributed by atoms with van der Waals surface area (Å²) in [6.07, 6.45) is 2.56. The fourth-order valence-corrected chi connectivity index (χ4v) is 1.88. The Labute approximate surface area is 107 Å². The molecule has 98 valence electrons. The van der Waals surface area contributed by atoms with Gasteiger partial charge in [-0.25, -0.2) is 0 Å². The zero-order valence-corrected chi connectivity index (χ0v) is 10.9. The lowest BCUT2D eigenvalue weighted by molar-refractivity contribution is -0.129. The molecule has 0 bridgehead atoms. The number of rotatable bonds is 5. The molecule has 18 heavy (non-hydrogen) atoms. The van der Waals surface area contributed by atoms with Crippen LogP contribution in [0.2, 0.25) is 0 Å². The third-order valence-corrected chi connectivity index (χ3v) is 3.07. The highest BCUT2D eigenvalue weighted by molar-refractivity contribution is 5.78. The average Bonchev–Trinajstić information content (AvgIpc) is 2.83. The highest BCUT2D eigenvalue weighted by Gasteiger charge is 2.15. The molecule has 1 aromatic rings. The van der Waals surface area contributed by atoms with Gasteiger partial charge in [0.15, 0.2) is 11.5 Å². The van der Waals surface area contributed by atoms with E-state index in [1.54, 1.807) is 4.90 Å². The van der Waals surface area contributed by atoms with E-state index >= 15 is 0 Å². The van der Waals surface area contributed by atoms with Crippen molar-refractivity contribution in [3.63, 3.8) is 0 Å². The maximum Gasteiger partial charge on any atom is 0.231 e. The van der Waals surface area contributed by atoms with Crippen molar-refractivity contribution in [2.24, 2.45) is 0 Å². The van der Waals surface area contributed by atoms with Crippen LogP contribution in [0.3, 0.4) is 0 Å². The largest absolute Gasteiger partial charge is 0.454 e. The second kappa shape index (κ2) is 5.76. The zero-order chi connectivity index (χ0) is 13.0. The molecule has 1 heterocycles. The molecular formula is C14H19NO3. The van der Waals surface area contributed by atoms with E-state index in [2.05, 4.69) is 6.92 Å². The molecule has 0 saturated heterocycles. The molecule has 0 radical (unpaired) electrons. The van der Waals surface area contributed by atoms with Crippen molar-refractivity contribution in [3.05, 3.63) is 23.8 Å². The van der Waals surface area contributed by atoms with Gasteiger partial charge >= 0.3 is 0 Å². The van der Waals surface area contributed by atoms with Crippen LogP contribution in [-0.2, 0) is 11.2 Å². The van der Waals surface area contributed by atoms with Crippen LogP contribution in [0.1, 0.15) is 25.3 Å². The lowest BCUT2D eigenvalue weighted by Crippen LogP contribution is -2.29. The zero-order valence-electron chi connectivity index (χ0n) is 10.9. The van der Waals surface area contributed by atoms with Gasteiger partial charge in [-0.1, -0.05) is 19.4 Å². The third kappa shape index (κ3) is 2.94. The number of benzene rings is 1. The molecule has 0 aromatic heterocycles. The molecule has 1 aromatic carbocycles. The van der Waals surface area contributed by atoms with Crippen LogP contribution < -0.4 is 9.47 Å². The van der Waals surface area contributed by atoms with Crippen molar-refractivity contribution >= 4 is 5.91 Å². The Bertz CT molecular complexity index is 431. The fourth-order valence-electron chi connectivity index (χ4n) is 1.88. The van der Waals surface area contributed by atoms with Crippen LogP contribution in [-0.4, -0.2) is 31.2 Å². The van der Waals surface area contributed by atoms with Gasteiger partial charge in [-0.2, -0.15) is 0 Å². The Morgan fingerprint density at radius 3 is 2.89 bits per heavy atom. The summed E-state index contributed by atoms with van der Waals surface area (Å²) in [5.74, 6) is 1.63. The molecule has 4 nitrogen and oxygen atoms in total. The number of nitrogens with zero attached hydrogens (tertiary/aromatic N) is 1. The highest BCUT2D eigenvalue weighted by Crippen LogP contribution is 2.32. The Hall–Kier alpha value is -1.71. The Morgan fingerprint density at radius 2 is 2.11 bits per heavy atom. The van der Waals surface area contributed by atoms with Crippen LogP contribution >= 0.6 is 0 Å². The van der Waals surface area contributed by atoms with E-state index in [9.17, 15) is 4.79 Å². The molecule has 1 aliphatic heterocycles. The lowest BCUT2D eigenvalue weighted by atomic mass is 10.1. The van der Waals surface area contributed by atoms with Crippen molar-refractivity contribution in [3.8, 4) is 11.5 Å². The van der Waals surface area contributed by atoms with E-state index in [1.807, 2.05) is 25.2 Å². The number of carbonyl (C=O) groups is 1. The maximum atomic E-state index is 12.0. The number of ether oxygens (including phenoxy) is 2. The first kappa shape index (κ1) is 12.7. The van der Waals surface area contributed by atoms with Crippen LogP contribution in [0, 0.1) is 0 Å². The van der Waals surface area contributed by atoms with Gasteiger partial charge in [0.2, 0.25) is 12.7 Å². The quantitative estimate of drug-likeness (QED) is 0.803. The van der Waals surface area contributed by atoms with Crippen LogP contribution in [0.5, 0.6) is 11.5 Å². The van der Waals surface area contributed by atoms with E-state index in [0.29, 0.717) is 6.42 Å². The molecule has 2 rings (SSSR count). The molecule has 0 spiro atoms. The predicted molar refractivity (Wildman–Crippen MR) is 68.8 cm³/mol. The molecule has 1 aliphatic rings. The fraction of sp³-hybridized carbons (Fsp3) is 0.500. The Kier molecular flexibility index (Phi) is 4.07. The molecule has 1 amide bonds. The smallest absolute Gasteiger partial charge is 0.231 e. The summed E-state index contributed by atoms with van der Waals surface area (Å²) in [6.45, 7) is 3.21. The maximum absolute atomic E-state index is 12.0. The summed E-state index contributed by atoms with van der Waals surface area (Å²) in [5, 5.41) is 0. The molecule has 4 heteroatoms. The van der Waals surface area contributed by atoms with Crippen molar-refractivity contribution in [1.29, 1.82) is 0 Å². The van der Waals surface area contributed by atoms with Gasteiger partial charge in [-0.15, -0.1) is 0 Å². The summed E-state index contributed by atoms with van der Waals surface area (Å²) < 4.78 is 10.5. The van der Waals surface area contributed by atoms with Crippen molar-refractivity contribution < 1.29 is 14.3 Å². The van der Waals surface area contributed by atoms with Gasteiger partial charge in [0.05, 0.1) is 6.42 Å². The summed E-state index contributed by atoms with van der Waals surface area (Å²) in [4.78, 5) is 13.8. The van der Waals surface area contributed by atoms with Crippen LogP contribution in [0.4, 0.5) is 0 Å². The number of hydrogen-bond acceptors (Lipinski definition) is 3. The number of carbonyl (C=O) groups excluding carboxylic acids is 1.